The number of carbonyl (C=O) groups is 2. The number of likely N-dealkylation sites (tertiary alicyclic amines) is 1. The van der Waals surface area contributed by atoms with Crippen LogP contribution in [0.1, 0.15) is 48.3 Å². The highest BCUT2D eigenvalue weighted by molar-refractivity contribution is 5.91. The van der Waals surface area contributed by atoms with Gasteiger partial charge in [0.05, 0.1) is 12.5 Å². The molecule has 1 aliphatic carbocycles. The summed E-state index contributed by atoms with van der Waals surface area (Å²) in [5, 5.41) is 12.9. The molecule has 2 aromatic heterocycles. The van der Waals surface area contributed by atoms with Crippen LogP contribution >= 0.6 is 0 Å². The smallest absolute Gasteiger partial charge is 0.269 e. The van der Waals surface area contributed by atoms with Gasteiger partial charge in [-0.15, -0.1) is 0 Å². The Balaban J connectivity index is 1.26. The van der Waals surface area contributed by atoms with E-state index in [4.69, 9.17) is 0 Å². The van der Waals surface area contributed by atoms with Gasteiger partial charge in [0.2, 0.25) is 5.91 Å². The fourth-order valence-electron chi connectivity index (χ4n) is 4.08. The van der Waals surface area contributed by atoms with E-state index in [-0.39, 0.29) is 23.9 Å². The van der Waals surface area contributed by atoms with Crippen molar-refractivity contribution in [2.75, 3.05) is 19.6 Å². The second kappa shape index (κ2) is 9.21. The van der Waals surface area contributed by atoms with Crippen molar-refractivity contribution in [2.45, 2.75) is 50.6 Å². The van der Waals surface area contributed by atoms with Crippen LogP contribution in [-0.2, 0) is 11.2 Å². The average molecular weight is 399 g/mol. The predicted molar refractivity (Wildman–Crippen MR) is 107 cm³/mol. The molecule has 4 rings (SSSR count). The van der Waals surface area contributed by atoms with Crippen molar-refractivity contribution in [3.63, 3.8) is 0 Å². The first kappa shape index (κ1) is 19.6. The largest absolute Gasteiger partial charge is 0.356 e. The van der Waals surface area contributed by atoms with Gasteiger partial charge in [-0.1, -0.05) is 0 Å². The van der Waals surface area contributed by atoms with Gasteiger partial charge in [0, 0.05) is 56.5 Å². The molecule has 2 fully saturated rings. The van der Waals surface area contributed by atoms with E-state index in [1.54, 1.807) is 6.20 Å². The molecule has 0 radical (unpaired) electrons. The summed E-state index contributed by atoms with van der Waals surface area (Å²) in [7, 11) is 0. The minimum absolute atomic E-state index is 0.0949. The minimum Gasteiger partial charge on any atom is -0.356 e. The summed E-state index contributed by atoms with van der Waals surface area (Å²) in [6.07, 6.45) is 10.6. The Morgan fingerprint density at radius 1 is 1.17 bits per heavy atom. The lowest BCUT2D eigenvalue weighted by molar-refractivity contribution is -0.122. The molecule has 2 amide bonds. The zero-order valence-corrected chi connectivity index (χ0v) is 16.6. The Bertz CT molecular complexity index is 786. The van der Waals surface area contributed by atoms with Crippen LogP contribution < -0.4 is 10.6 Å². The summed E-state index contributed by atoms with van der Waals surface area (Å²) < 4.78 is 0. The molecule has 2 atom stereocenters. The highest BCUT2D eigenvalue weighted by atomic mass is 16.2. The zero-order chi connectivity index (χ0) is 20.1. The molecule has 1 saturated carbocycles. The number of aromatic amines is 2. The Labute approximate surface area is 170 Å². The number of hydrogen-bond donors (Lipinski definition) is 4. The van der Waals surface area contributed by atoms with Crippen LogP contribution in [0.3, 0.4) is 0 Å². The van der Waals surface area contributed by atoms with E-state index in [9.17, 15) is 9.59 Å². The summed E-state index contributed by atoms with van der Waals surface area (Å²) in [6.45, 7) is 2.24. The third-order valence-electron chi connectivity index (χ3n) is 5.87. The predicted octanol–water partition coefficient (Wildman–Crippen LogP) is 0.855. The van der Waals surface area contributed by atoms with Crippen molar-refractivity contribution in [3.8, 4) is 0 Å². The molecule has 0 unspecified atom stereocenters. The first-order valence-electron chi connectivity index (χ1n) is 10.5. The van der Waals surface area contributed by atoms with E-state index < -0.39 is 0 Å². The van der Waals surface area contributed by atoms with Crippen LogP contribution in [0.5, 0.6) is 0 Å². The second-order valence-corrected chi connectivity index (χ2v) is 8.09. The average Bonchev–Trinajstić information content (AvgIpc) is 3.11. The molecule has 2 aliphatic rings. The van der Waals surface area contributed by atoms with E-state index >= 15 is 0 Å². The second-order valence-electron chi connectivity index (χ2n) is 8.09. The van der Waals surface area contributed by atoms with Crippen LogP contribution in [-0.4, -0.2) is 68.6 Å². The molecular formula is C20H29N7O2. The molecule has 1 aliphatic heterocycles. The van der Waals surface area contributed by atoms with E-state index in [0.717, 1.165) is 37.4 Å². The summed E-state index contributed by atoms with van der Waals surface area (Å²) in [5.74, 6) is 0.705. The van der Waals surface area contributed by atoms with Crippen LogP contribution in [0.15, 0.2) is 24.8 Å². The normalized spacial score (nSPS) is 21.9. The fraction of sp³-hybridized carbons (Fsp3) is 0.600. The van der Waals surface area contributed by atoms with Crippen LogP contribution in [0.4, 0.5) is 0 Å². The Morgan fingerprint density at radius 3 is 2.76 bits per heavy atom. The van der Waals surface area contributed by atoms with Gasteiger partial charge in [-0.05, 0) is 37.7 Å². The highest BCUT2D eigenvalue weighted by Gasteiger charge is 2.38. The van der Waals surface area contributed by atoms with Crippen molar-refractivity contribution in [3.05, 3.63) is 36.2 Å². The van der Waals surface area contributed by atoms with E-state index in [0.29, 0.717) is 25.2 Å². The van der Waals surface area contributed by atoms with Crippen LogP contribution in [0, 0.1) is 5.92 Å². The van der Waals surface area contributed by atoms with Gasteiger partial charge in [-0.2, -0.15) is 5.10 Å². The number of imidazole rings is 1. The number of aromatic nitrogens is 4. The summed E-state index contributed by atoms with van der Waals surface area (Å²) in [6, 6.07) is 2.45. The number of amides is 2. The van der Waals surface area contributed by atoms with Gasteiger partial charge < -0.3 is 15.6 Å². The number of rotatable bonds is 10. The molecular weight excluding hydrogens is 370 g/mol. The maximum absolute atomic E-state index is 12.5. The zero-order valence-electron chi connectivity index (χ0n) is 16.6. The molecule has 1 saturated heterocycles. The monoisotopic (exact) mass is 399 g/mol. The Morgan fingerprint density at radius 2 is 2.03 bits per heavy atom. The maximum Gasteiger partial charge on any atom is 0.269 e. The molecule has 9 nitrogen and oxygen atoms in total. The number of hydrogen-bond acceptors (Lipinski definition) is 5. The molecule has 9 heteroatoms. The molecule has 0 spiro atoms. The van der Waals surface area contributed by atoms with Crippen molar-refractivity contribution in [2.24, 2.45) is 5.92 Å². The fourth-order valence-corrected chi connectivity index (χ4v) is 4.08. The van der Waals surface area contributed by atoms with Crippen molar-refractivity contribution in [1.29, 1.82) is 0 Å². The van der Waals surface area contributed by atoms with Gasteiger partial charge >= 0.3 is 0 Å². The summed E-state index contributed by atoms with van der Waals surface area (Å²) >= 11 is 0. The van der Waals surface area contributed by atoms with Crippen LogP contribution in [0.25, 0.3) is 0 Å². The number of H-pyrrole nitrogens is 2. The standard InChI is InChI=1S/C20H29N7O2/c28-19(22-7-5-15-6-8-25-26-15)9-16-3-4-17(27(16)12-14-1-2-14)10-23-20(29)18-11-21-13-24-18/h6,8,11,13-14,16-17H,1-5,7,9-10,12H2,(H,21,24)(H,22,28)(H,23,29)(H,25,26)/t16-,17+/m1/s1. The van der Waals surface area contributed by atoms with Crippen molar-refractivity contribution < 1.29 is 9.59 Å². The highest BCUT2D eigenvalue weighted by Crippen LogP contribution is 2.35. The number of nitrogens with zero attached hydrogens (tertiary/aromatic N) is 3. The van der Waals surface area contributed by atoms with Crippen molar-refractivity contribution in [1.82, 2.24) is 35.7 Å². The molecule has 2 aromatic rings. The molecule has 0 bridgehead atoms. The third-order valence-corrected chi connectivity index (χ3v) is 5.87. The number of nitrogens with one attached hydrogen (secondary N) is 4. The van der Waals surface area contributed by atoms with Crippen molar-refractivity contribution >= 4 is 11.8 Å². The summed E-state index contributed by atoms with van der Waals surface area (Å²) in [4.78, 5) is 33.9. The van der Waals surface area contributed by atoms with E-state index in [2.05, 4.69) is 35.7 Å². The quantitative estimate of drug-likeness (QED) is 0.472. The Hall–Kier alpha value is -2.68. The molecule has 0 aromatic carbocycles. The van der Waals surface area contributed by atoms with Gasteiger partial charge in [0.1, 0.15) is 5.69 Å². The molecule has 156 valence electrons. The minimum atomic E-state index is -0.131. The van der Waals surface area contributed by atoms with Gasteiger partial charge in [0.25, 0.3) is 5.91 Å². The van der Waals surface area contributed by atoms with E-state index in [1.165, 1.54) is 25.4 Å². The van der Waals surface area contributed by atoms with E-state index in [1.807, 2.05) is 6.07 Å². The lowest BCUT2D eigenvalue weighted by Crippen LogP contribution is -2.45. The maximum atomic E-state index is 12.5. The SMILES string of the molecule is O=C(C[C@H]1CC[C@@H](CNC(=O)c2cnc[nH]2)N1CC1CC1)NCCc1ccn[nH]1. The first-order chi connectivity index (χ1) is 14.2. The molecule has 4 N–H and O–H groups in total. The lowest BCUT2D eigenvalue weighted by Gasteiger charge is -2.30. The third kappa shape index (κ3) is 5.44. The topological polar surface area (TPSA) is 119 Å². The first-order valence-corrected chi connectivity index (χ1v) is 10.5. The lowest BCUT2D eigenvalue weighted by atomic mass is 10.1. The van der Waals surface area contributed by atoms with Crippen LogP contribution in [0.2, 0.25) is 0 Å². The molecule has 3 heterocycles. The van der Waals surface area contributed by atoms with Gasteiger partial charge in [-0.25, -0.2) is 4.98 Å². The Kier molecular flexibility index (Phi) is 6.24. The van der Waals surface area contributed by atoms with Gasteiger partial charge in [0.15, 0.2) is 0 Å². The van der Waals surface area contributed by atoms with Gasteiger partial charge in [-0.3, -0.25) is 19.6 Å². The molecule has 29 heavy (non-hydrogen) atoms. The number of carbonyl (C=O) groups excluding carboxylic acids is 2. The summed E-state index contributed by atoms with van der Waals surface area (Å²) in [5.41, 5.74) is 1.50.